The maximum atomic E-state index is 9.37. The van der Waals surface area contributed by atoms with Crippen molar-refractivity contribution in [1.29, 1.82) is 0 Å². The number of aliphatic hydroxyl groups is 1. The van der Waals surface area contributed by atoms with Crippen molar-refractivity contribution in [3.05, 3.63) is 107 Å². The summed E-state index contributed by atoms with van der Waals surface area (Å²) in [5, 5.41) is 9.37. The van der Waals surface area contributed by atoms with E-state index < -0.39 is 0 Å². The van der Waals surface area contributed by atoms with Crippen LogP contribution < -0.4 is 0 Å². The number of benzene rings is 3. The lowest BCUT2D eigenvalue weighted by Crippen LogP contribution is -2.16. The highest BCUT2D eigenvalue weighted by Gasteiger charge is 2.20. The molecule has 2 nitrogen and oxygen atoms in total. The van der Waals surface area contributed by atoms with Crippen LogP contribution in [0.2, 0.25) is 0 Å². The Morgan fingerprint density at radius 2 is 0.935 bits per heavy atom. The molecule has 3 N–H and O–H groups in total. The lowest BCUT2D eigenvalue weighted by atomic mass is 9.83. The predicted octanol–water partition coefficient (Wildman–Crippen LogP) is 6.43. The summed E-state index contributed by atoms with van der Waals surface area (Å²) in [5.41, 5.74) is 5.42. The number of aliphatic hydroxyl groups excluding tert-OH is 1. The van der Waals surface area contributed by atoms with Crippen molar-refractivity contribution in [2.45, 2.75) is 58.5 Å². The molecule has 166 valence electrons. The van der Waals surface area contributed by atoms with Crippen molar-refractivity contribution in [3.8, 4) is 12.8 Å². The van der Waals surface area contributed by atoms with Crippen LogP contribution >= 0.6 is 0 Å². The summed E-state index contributed by atoms with van der Waals surface area (Å²) >= 11 is 0. The van der Waals surface area contributed by atoms with Crippen LogP contribution in [0.15, 0.2) is 84.9 Å². The van der Waals surface area contributed by atoms with Gasteiger partial charge in [0.2, 0.25) is 0 Å². The molecular weight excluding hydrogens is 380 g/mol. The Morgan fingerprint density at radius 3 is 1.29 bits per heavy atom. The molecule has 2 heteroatoms. The van der Waals surface area contributed by atoms with Gasteiger partial charge >= 0.3 is 0 Å². The van der Waals surface area contributed by atoms with Gasteiger partial charge in [0.15, 0.2) is 0 Å². The molecule has 0 aliphatic heterocycles. The average molecular weight is 419 g/mol. The summed E-state index contributed by atoms with van der Waals surface area (Å²) in [7, 11) is 0. The molecule has 0 radical (unpaired) electrons. The molecule has 0 heterocycles. The van der Waals surface area contributed by atoms with Gasteiger partial charge < -0.3 is 10.6 Å². The first-order valence-electron chi connectivity index (χ1n) is 10.7. The van der Waals surface area contributed by atoms with Crippen LogP contribution in [0.5, 0.6) is 0 Å². The minimum absolute atomic E-state index is 0. The van der Waals surface area contributed by atoms with E-state index in [0.717, 1.165) is 25.7 Å². The second-order valence-corrected chi connectivity index (χ2v) is 7.73. The first-order chi connectivity index (χ1) is 14.5. The lowest BCUT2D eigenvalue weighted by molar-refractivity contribution is 0.122. The zero-order valence-corrected chi connectivity index (χ0v) is 19.2. The van der Waals surface area contributed by atoms with Gasteiger partial charge in [-0.1, -0.05) is 102 Å². The summed E-state index contributed by atoms with van der Waals surface area (Å²) in [6.07, 6.45) is 12.2. The van der Waals surface area contributed by atoms with E-state index in [2.05, 4.69) is 100 Å². The van der Waals surface area contributed by atoms with E-state index in [-0.39, 0.29) is 11.6 Å². The highest BCUT2D eigenvalue weighted by molar-refractivity contribution is 5.20. The maximum Gasteiger partial charge on any atom is 0.0540 e. The molecule has 1 saturated carbocycles. The number of terminal acetylenes is 1. The Kier molecular flexibility index (Phi) is 15.3. The van der Waals surface area contributed by atoms with Crippen LogP contribution in [0.25, 0.3) is 0 Å². The van der Waals surface area contributed by atoms with Crippen LogP contribution in [-0.4, -0.2) is 16.7 Å². The van der Waals surface area contributed by atoms with E-state index in [1.807, 2.05) is 18.2 Å². The van der Waals surface area contributed by atoms with E-state index in [1.165, 1.54) is 22.3 Å². The monoisotopic (exact) mass is 418 g/mol. The van der Waals surface area contributed by atoms with E-state index >= 15 is 0 Å². The molecule has 0 aromatic heterocycles. The number of hydrogen-bond acceptors (Lipinski definition) is 1. The van der Waals surface area contributed by atoms with E-state index in [1.54, 1.807) is 0 Å². The van der Waals surface area contributed by atoms with E-state index in [9.17, 15) is 5.11 Å². The number of hydrogen-bond donors (Lipinski definition) is 1. The molecular formula is C29H38O2. The number of rotatable bonds is 1. The molecule has 0 amide bonds. The van der Waals surface area contributed by atoms with Crippen molar-refractivity contribution in [1.82, 2.24) is 0 Å². The highest BCUT2D eigenvalue weighted by atomic mass is 16.3. The summed E-state index contributed by atoms with van der Waals surface area (Å²) in [5.74, 6) is 0.685. The lowest BCUT2D eigenvalue weighted by Gasteiger charge is -2.25. The molecule has 0 spiro atoms. The first kappa shape index (κ1) is 28.1. The Balaban J connectivity index is 0.000000436. The molecule has 3 aromatic carbocycles. The Bertz CT molecular complexity index is 779. The molecule has 0 atom stereocenters. The van der Waals surface area contributed by atoms with Crippen LogP contribution in [0.3, 0.4) is 0 Å². The molecule has 1 aliphatic rings. The maximum absolute atomic E-state index is 9.37. The molecule has 0 saturated heterocycles. The van der Waals surface area contributed by atoms with Gasteiger partial charge in [-0.2, -0.15) is 0 Å². The average Bonchev–Trinajstić information content (AvgIpc) is 2.80. The highest BCUT2D eigenvalue weighted by Crippen LogP contribution is 2.32. The van der Waals surface area contributed by atoms with Crippen molar-refractivity contribution in [2.75, 3.05) is 0 Å². The fourth-order valence-corrected chi connectivity index (χ4v) is 3.31. The molecule has 4 rings (SSSR count). The molecule has 3 aromatic rings. The van der Waals surface area contributed by atoms with E-state index in [0.29, 0.717) is 5.92 Å². The molecule has 1 aliphatic carbocycles. The standard InChI is InChI=1S/C12H16O.C8H10.C7H8.C2H2.H2O/c13-12-8-6-11(7-9-12)10-4-2-1-3-5-10;1-7-3-5-8(2)6-4-7;1-7-5-3-2-4-6-7;1-2;/h1-5,11-13H,6-9H2;3-6H,1-2H3;2-6H,1H3;1-2H;1H2. The topological polar surface area (TPSA) is 51.7 Å². The van der Waals surface area contributed by atoms with Gasteiger partial charge in [-0.25, -0.2) is 0 Å². The normalized spacial score (nSPS) is 16.5. The van der Waals surface area contributed by atoms with Crippen molar-refractivity contribution >= 4 is 0 Å². The second kappa shape index (κ2) is 16.9. The van der Waals surface area contributed by atoms with Gasteiger partial charge in [-0.3, -0.25) is 0 Å². The third-order valence-electron chi connectivity index (χ3n) is 5.13. The second-order valence-electron chi connectivity index (χ2n) is 7.73. The third kappa shape index (κ3) is 12.4. The zero-order valence-electron chi connectivity index (χ0n) is 19.2. The van der Waals surface area contributed by atoms with E-state index in [4.69, 9.17) is 0 Å². The minimum atomic E-state index is -0.0417. The molecule has 0 bridgehead atoms. The fourth-order valence-electron chi connectivity index (χ4n) is 3.31. The first-order valence-corrected chi connectivity index (χ1v) is 10.7. The van der Waals surface area contributed by atoms with Gasteiger partial charge in [-0.05, 0) is 57.9 Å². The molecule has 1 fully saturated rings. The van der Waals surface area contributed by atoms with Gasteiger partial charge in [0.25, 0.3) is 0 Å². The summed E-state index contributed by atoms with van der Waals surface area (Å²) in [4.78, 5) is 0. The van der Waals surface area contributed by atoms with Crippen LogP contribution in [0.1, 0.15) is 53.9 Å². The van der Waals surface area contributed by atoms with Crippen LogP contribution in [0.4, 0.5) is 0 Å². The number of aryl methyl sites for hydroxylation is 3. The zero-order chi connectivity index (χ0) is 22.2. The van der Waals surface area contributed by atoms with Crippen molar-refractivity contribution in [3.63, 3.8) is 0 Å². The molecule has 0 unspecified atom stereocenters. The SMILES string of the molecule is C#C.Cc1ccc(C)cc1.Cc1ccccc1.O.OC1CCC(c2ccccc2)CC1. The summed E-state index contributed by atoms with van der Waals surface area (Å²) < 4.78 is 0. The van der Waals surface area contributed by atoms with Gasteiger partial charge in [0, 0.05) is 0 Å². The van der Waals surface area contributed by atoms with Crippen molar-refractivity contribution in [2.24, 2.45) is 0 Å². The van der Waals surface area contributed by atoms with Gasteiger partial charge in [0.1, 0.15) is 0 Å². The Morgan fingerprint density at radius 1 is 0.581 bits per heavy atom. The molecule has 31 heavy (non-hydrogen) atoms. The summed E-state index contributed by atoms with van der Waals surface area (Å²) in [6, 6.07) is 29.4. The quantitative estimate of drug-likeness (QED) is 0.455. The van der Waals surface area contributed by atoms with Gasteiger partial charge in [-0.15, -0.1) is 12.8 Å². The van der Waals surface area contributed by atoms with Crippen molar-refractivity contribution < 1.29 is 10.6 Å². The minimum Gasteiger partial charge on any atom is -0.412 e. The Hall–Kier alpha value is -2.86. The fraction of sp³-hybridized carbons (Fsp3) is 0.310. The summed E-state index contributed by atoms with van der Waals surface area (Å²) in [6.45, 7) is 6.28. The smallest absolute Gasteiger partial charge is 0.0540 e. The van der Waals surface area contributed by atoms with Gasteiger partial charge in [0.05, 0.1) is 6.10 Å². The Labute approximate surface area is 189 Å². The van der Waals surface area contributed by atoms with Crippen LogP contribution in [-0.2, 0) is 0 Å². The largest absolute Gasteiger partial charge is 0.412 e. The third-order valence-corrected chi connectivity index (χ3v) is 5.13. The van der Waals surface area contributed by atoms with Crippen LogP contribution in [0, 0.1) is 33.6 Å². The predicted molar refractivity (Wildman–Crippen MR) is 134 cm³/mol.